The zero-order valence-electron chi connectivity index (χ0n) is 16.6. The standard InChI is InChI=1S/C22H26N4OS/c1-4-20-24-19-13-9-8-12-18(19)21(27)26(20)15-14-25(16(2)3)22(28)23-17-10-6-5-7-11-17/h5-13,16H,4,14-15H2,1-3H3,(H,23,28). The molecule has 0 fully saturated rings. The average Bonchev–Trinajstić information content (AvgIpc) is 2.70. The predicted octanol–water partition coefficient (Wildman–Crippen LogP) is 4.07. The number of hydrogen-bond acceptors (Lipinski definition) is 3. The second-order valence-electron chi connectivity index (χ2n) is 6.94. The summed E-state index contributed by atoms with van der Waals surface area (Å²) in [5, 5.41) is 4.59. The lowest BCUT2D eigenvalue weighted by Gasteiger charge is -2.30. The Morgan fingerprint density at radius 1 is 1.14 bits per heavy atom. The fourth-order valence-corrected chi connectivity index (χ4v) is 3.65. The van der Waals surface area contributed by atoms with E-state index in [0.29, 0.717) is 30.0 Å². The molecule has 1 N–H and O–H groups in total. The van der Waals surface area contributed by atoms with Crippen LogP contribution in [-0.4, -0.2) is 32.2 Å². The van der Waals surface area contributed by atoms with E-state index >= 15 is 0 Å². The highest BCUT2D eigenvalue weighted by Gasteiger charge is 2.16. The summed E-state index contributed by atoms with van der Waals surface area (Å²) in [6.45, 7) is 7.38. The van der Waals surface area contributed by atoms with Crippen molar-refractivity contribution in [1.82, 2.24) is 14.5 Å². The topological polar surface area (TPSA) is 50.2 Å². The lowest BCUT2D eigenvalue weighted by atomic mass is 10.2. The summed E-state index contributed by atoms with van der Waals surface area (Å²) in [4.78, 5) is 19.8. The molecule has 0 amide bonds. The Labute approximate surface area is 171 Å². The maximum Gasteiger partial charge on any atom is 0.261 e. The van der Waals surface area contributed by atoms with E-state index in [1.165, 1.54) is 0 Å². The second-order valence-corrected chi connectivity index (χ2v) is 7.33. The summed E-state index contributed by atoms with van der Waals surface area (Å²) in [5.74, 6) is 0.800. The van der Waals surface area contributed by atoms with Crippen LogP contribution in [-0.2, 0) is 13.0 Å². The van der Waals surface area contributed by atoms with Crippen molar-refractivity contribution in [3.8, 4) is 0 Å². The molecule has 0 atom stereocenters. The third-order valence-corrected chi connectivity index (χ3v) is 5.07. The SMILES string of the molecule is CCc1nc2ccccc2c(=O)n1CCN(C(=S)Nc1ccccc1)C(C)C. The first-order valence-electron chi connectivity index (χ1n) is 9.62. The van der Waals surface area contributed by atoms with E-state index in [4.69, 9.17) is 12.2 Å². The number of aromatic nitrogens is 2. The van der Waals surface area contributed by atoms with Crippen molar-refractivity contribution in [2.45, 2.75) is 39.8 Å². The summed E-state index contributed by atoms with van der Waals surface area (Å²) in [5.41, 5.74) is 1.72. The van der Waals surface area contributed by atoms with Gasteiger partial charge in [0.2, 0.25) is 0 Å². The molecule has 1 heterocycles. The predicted molar refractivity (Wildman–Crippen MR) is 120 cm³/mol. The molecule has 0 aliphatic carbocycles. The average molecular weight is 395 g/mol. The Balaban J connectivity index is 1.83. The van der Waals surface area contributed by atoms with Crippen molar-refractivity contribution in [1.29, 1.82) is 0 Å². The Morgan fingerprint density at radius 3 is 2.50 bits per heavy atom. The first-order chi connectivity index (χ1) is 13.5. The fraction of sp³-hybridized carbons (Fsp3) is 0.318. The minimum atomic E-state index is 0.00749. The van der Waals surface area contributed by atoms with Crippen molar-refractivity contribution in [2.75, 3.05) is 11.9 Å². The van der Waals surface area contributed by atoms with Crippen molar-refractivity contribution >= 4 is 33.9 Å². The molecule has 28 heavy (non-hydrogen) atoms. The van der Waals surface area contributed by atoms with Crippen LogP contribution in [0.15, 0.2) is 59.4 Å². The summed E-state index contributed by atoms with van der Waals surface area (Å²) in [7, 11) is 0. The van der Waals surface area contributed by atoms with E-state index in [9.17, 15) is 4.79 Å². The molecule has 2 aromatic carbocycles. The Morgan fingerprint density at radius 2 is 1.82 bits per heavy atom. The van der Waals surface area contributed by atoms with Gasteiger partial charge in [-0.3, -0.25) is 9.36 Å². The molecule has 0 aliphatic heterocycles. The number of para-hydroxylation sites is 2. The molecule has 0 radical (unpaired) electrons. The van der Waals surface area contributed by atoms with E-state index in [2.05, 4.69) is 29.0 Å². The van der Waals surface area contributed by atoms with Crippen LogP contribution < -0.4 is 10.9 Å². The number of benzene rings is 2. The monoisotopic (exact) mass is 394 g/mol. The smallest absolute Gasteiger partial charge is 0.261 e. The largest absolute Gasteiger partial charge is 0.345 e. The molecule has 0 bridgehead atoms. The number of aryl methyl sites for hydroxylation is 1. The highest BCUT2D eigenvalue weighted by molar-refractivity contribution is 7.80. The van der Waals surface area contributed by atoms with Crippen LogP contribution >= 0.6 is 12.2 Å². The molecule has 6 heteroatoms. The molecule has 1 aromatic heterocycles. The number of hydrogen-bond donors (Lipinski definition) is 1. The van der Waals surface area contributed by atoms with E-state index < -0.39 is 0 Å². The van der Waals surface area contributed by atoms with Crippen LogP contribution in [0, 0.1) is 0 Å². The van der Waals surface area contributed by atoms with Crippen LogP contribution in [0.25, 0.3) is 10.9 Å². The molecule has 0 saturated carbocycles. The zero-order valence-corrected chi connectivity index (χ0v) is 17.4. The minimum Gasteiger partial charge on any atom is -0.345 e. The molecule has 3 aromatic rings. The number of anilines is 1. The van der Waals surface area contributed by atoms with Crippen molar-refractivity contribution in [3.63, 3.8) is 0 Å². The number of nitrogens with zero attached hydrogens (tertiary/aromatic N) is 3. The van der Waals surface area contributed by atoms with E-state index in [1.807, 2.05) is 61.5 Å². The molecule has 0 unspecified atom stereocenters. The Bertz CT molecular complexity index is 1010. The molecule has 146 valence electrons. The summed E-state index contributed by atoms with van der Waals surface area (Å²) >= 11 is 5.63. The second kappa shape index (κ2) is 8.97. The van der Waals surface area contributed by atoms with Gasteiger partial charge in [-0.1, -0.05) is 37.3 Å². The number of rotatable bonds is 6. The van der Waals surface area contributed by atoms with Gasteiger partial charge in [-0.15, -0.1) is 0 Å². The fourth-order valence-electron chi connectivity index (χ4n) is 3.23. The lowest BCUT2D eigenvalue weighted by molar-refractivity contribution is 0.334. The van der Waals surface area contributed by atoms with Gasteiger partial charge in [0.1, 0.15) is 5.82 Å². The maximum atomic E-state index is 13.0. The summed E-state index contributed by atoms with van der Waals surface area (Å²) in [6, 6.07) is 17.6. The normalized spacial score (nSPS) is 11.0. The van der Waals surface area contributed by atoms with E-state index in [1.54, 1.807) is 4.57 Å². The molecular weight excluding hydrogens is 368 g/mol. The van der Waals surface area contributed by atoms with Crippen LogP contribution in [0.4, 0.5) is 5.69 Å². The molecule has 0 spiro atoms. The molecule has 0 saturated heterocycles. The van der Waals surface area contributed by atoms with Crippen molar-refractivity contribution in [2.24, 2.45) is 0 Å². The van der Waals surface area contributed by atoms with E-state index in [0.717, 1.165) is 17.0 Å². The third-order valence-electron chi connectivity index (χ3n) is 4.73. The maximum absolute atomic E-state index is 13.0. The molecule has 0 aliphatic rings. The van der Waals surface area contributed by atoms with Crippen molar-refractivity contribution < 1.29 is 0 Å². The van der Waals surface area contributed by atoms with Crippen molar-refractivity contribution in [3.05, 3.63) is 70.8 Å². The first kappa shape index (κ1) is 20.0. The summed E-state index contributed by atoms with van der Waals surface area (Å²) in [6.07, 6.45) is 0.703. The lowest BCUT2D eigenvalue weighted by Crippen LogP contribution is -2.43. The number of fused-ring (bicyclic) bond motifs is 1. The molecule has 3 rings (SSSR count). The van der Waals surface area contributed by atoms with Gasteiger partial charge >= 0.3 is 0 Å². The number of nitrogens with one attached hydrogen (secondary N) is 1. The van der Waals surface area contributed by atoms with Crippen LogP contribution in [0.5, 0.6) is 0 Å². The van der Waals surface area contributed by atoms with Gasteiger partial charge in [0.25, 0.3) is 5.56 Å². The van der Waals surface area contributed by atoms with Gasteiger partial charge in [0.05, 0.1) is 10.9 Å². The molecule has 5 nitrogen and oxygen atoms in total. The van der Waals surface area contributed by atoms with Crippen LogP contribution in [0.3, 0.4) is 0 Å². The Kier molecular flexibility index (Phi) is 6.41. The van der Waals surface area contributed by atoms with Gasteiger partial charge in [-0.2, -0.15) is 0 Å². The Hall–Kier alpha value is -2.73. The zero-order chi connectivity index (χ0) is 20.1. The van der Waals surface area contributed by atoms with E-state index in [-0.39, 0.29) is 11.6 Å². The van der Waals surface area contributed by atoms with Gasteiger partial charge in [0.15, 0.2) is 5.11 Å². The van der Waals surface area contributed by atoms with Gasteiger partial charge in [-0.05, 0) is 50.3 Å². The van der Waals surface area contributed by atoms with Crippen LogP contribution in [0.2, 0.25) is 0 Å². The quantitative estimate of drug-likeness (QED) is 0.639. The highest BCUT2D eigenvalue weighted by atomic mass is 32.1. The molecular formula is C22H26N4OS. The van der Waals surface area contributed by atoms with Gasteiger partial charge in [0, 0.05) is 31.2 Å². The first-order valence-corrected chi connectivity index (χ1v) is 10.0. The van der Waals surface area contributed by atoms with Gasteiger partial charge in [-0.25, -0.2) is 4.98 Å². The van der Waals surface area contributed by atoms with Crippen LogP contribution in [0.1, 0.15) is 26.6 Å². The minimum absolute atomic E-state index is 0.00749. The number of thiocarbonyl (C=S) groups is 1. The summed E-state index contributed by atoms with van der Waals surface area (Å²) < 4.78 is 1.78. The third kappa shape index (κ3) is 4.39. The highest BCUT2D eigenvalue weighted by Crippen LogP contribution is 2.11. The van der Waals surface area contributed by atoms with Gasteiger partial charge < -0.3 is 10.2 Å².